The van der Waals surface area contributed by atoms with Crippen LogP contribution in [-0.2, 0) is 13.0 Å². The van der Waals surface area contributed by atoms with Gasteiger partial charge in [-0.3, -0.25) is 5.10 Å². The molecule has 2 aromatic rings. The van der Waals surface area contributed by atoms with Crippen molar-refractivity contribution < 1.29 is 4.74 Å². The second-order valence-corrected chi connectivity index (χ2v) is 7.15. The third kappa shape index (κ3) is 5.31. The zero-order valence-electron chi connectivity index (χ0n) is 15.4. The van der Waals surface area contributed by atoms with Crippen LogP contribution < -0.4 is 4.74 Å². The Bertz CT molecular complexity index is 628. The zero-order valence-corrected chi connectivity index (χ0v) is 15.4. The first-order valence-corrected chi connectivity index (χ1v) is 9.25. The monoisotopic (exact) mass is 342 g/mol. The van der Waals surface area contributed by atoms with Gasteiger partial charge in [0.25, 0.3) is 0 Å². The smallest absolute Gasteiger partial charge is 0.122 e. The number of nitrogens with one attached hydrogen (secondary N) is 1. The second-order valence-electron chi connectivity index (χ2n) is 7.15. The van der Waals surface area contributed by atoms with Crippen LogP contribution >= 0.6 is 0 Å². The van der Waals surface area contributed by atoms with E-state index in [9.17, 15) is 0 Å². The molecule has 0 bridgehead atoms. The normalized spacial score (nSPS) is 18.6. The second kappa shape index (κ2) is 9.02. The number of hydrogen-bond acceptors (Lipinski definition) is 4. The summed E-state index contributed by atoms with van der Waals surface area (Å²) in [6.07, 6.45) is 5.51. The number of para-hydroxylation sites is 1. The van der Waals surface area contributed by atoms with Crippen molar-refractivity contribution in [2.75, 3.05) is 40.3 Å². The number of nitrogens with zero attached hydrogens (tertiary/aromatic N) is 3. The van der Waals surface area contributed by atoms with Crippen molar-refractivity contribution >= 4 is 0 Å². The average Bonchev–Trinajstić information content (AvgIpc) is 3.13. The van der Waals surface area contributed by atoms with Gasteiger partial charge < -0.3 is 14.5 Å². The van der Waals surface area contributed by atoms with Gasteiger partial charge in [0, 0.05) is 38.1 Å². The van der Waals surface area contributed by atoms with Crippen LogP contribution in [0.15, 0.2) is 36.5 Å². The maximum absolute atomic E-state index is 5.48. The van der Waals surface area contributed by atoms with Crippen LogP contribution in [0.1, 0.15) is 24.1 Å². The predicted molar refractivity (Wildman–Crippen MR) is 101 cm³/mol. The molecule has 0 saturated carbocycles. The fourth-order valence-corrected chi connectivity index (χ4v) is 3.86. The Morgan fingerprint density at radius 2 is 2.20 bits per heavy atom. The highest BCUT2D eigenvalue weighted by atomic mass is 16.5. The summed E-state index contributed by atoms with van der Waals surface area (Å²) < 4.78 is 5.48. The molecule has 1 fully saturated rings. The van der Waals surface area contributed by atoms with Crippen LogP contribution in [0.25, 0.3) is 0 Å². The molecule has 1 N–H and O–H groups in total. The number of H-pyrrole nitrogens is 1. The molecule has 25 heavy (non-hydrogen) atoms. The molecule has 0 aliphatic carbocycles. The minimum atomic E-state index is 0.749. The highest BCUT2D eigenvalue weighted by Gasteiger charge is 2.21. The minimum absolute atomic E-state index is 0.749. The van der Waals surface area contributed by atoms with E-state index < -0.39 is 0 Å². The predicted octanol–water partition coefficient (Wildman–Crippen LogP) is 2.80. The van der Waals surface area contributed by atoms with E-state index in [1.54, 1.807) is 7.11 Å². The summed E-state index contributed by atoms with van der Waals surface area (Å²) in [5.41, 5.74) is 2.50. The molecule has 5 nitrogen and oxygen atoms in total. The summed E-state index contributed by atoms with van der Waals surface area (Å²) in [4.78, 5) is 5.02. The van der Waals surface area contributed by atoms with Crippen LogP contribution in [0.3, 0.4) is 0 Å². The van der Waals surface area contributed by atoms with Gasteiger partial charge in [-0.25, -0.2) is 0 Å². The first-order valence-electron chi connectivity index (χ1n) is 9.25. The van der Waals surface area contributed by atoms with Crippen molar-refractivity contribution in [3.8, 4) is 5.75 Å². The van der Waals surface area contributed by atoms with Gasteiger partial charge in [-0.1, -0.05) is 18.2 Å². The lowest BCUT2D eigenvalue weighted by Crippen LogP contribution is -2.40. The lowest BCUT2D eigenvalue weighted by molar-refractivity contribution is 0.141. The number of ether oxygens (including phenoxy) is 1. The van der Waals surface area contributed by atoms with E-state index in [2.05, 4.69) is 51.3 Å². The number of hydrogen-bond donors (Lipinski definition) is 1. The molecule has 5 heteroatoms. The first-order chi connectivity index (χ1) is 12.2. The van der Waals surface area contributed by atoms with Gasteiger partial charge in [0.2, 0.25) is 0 Å². The van der Waals surface area contributed by atoms with Gasteiger partial charge in [0.15, 0.2) is 0 Å². The molecule has 1 aromatic heterocycles. The summed E-state index contributed by atoms with van der Waals surface area (Å²) in [7, 11) is 3.96. The van der Waals surface area contributed by atoms with Crippen LogP contribution in [0.2, 0.25) is 0 Å². The Labute approximate surface area is 151 Å². The maximum atomic E-state index is 5.48. The molecular formula is C20H30N4O. The van der Waals surface area contributed by atoms with Crippen molar-refractivity contribution in [1.29, 1.82) is 0 Å². The molecule has 3 rings (SSSR count). The molecule has 0 spiro atoms. The third-order valence-electron chi connectivity index (χ3n) is 5.06. The quantitative estimate of drug-likeness (QED) is 0.801. The number of methoxy groups -OCH3 is 1. The van der Waals surface area contributed by atoms with E-state index in [-0.39, 0.29) is 0 Å². The van der Waals surface area contributed by atoms with Crippen LogP contribution in [0.5, 0.6) is 5.75 Å². The van der Waals surface area contributed by atoms with Crippen molar-refractivity contribution in [3.63, 3.8) is 0 Å². The molecule has 1 aliphatic rings. The Kier molecular flexibility index (Phi) is 6.48. The van der Waals surface area contributed by atoms with Crippen molar-refractivity contribution in [3.05, 3.63) is 47.8 Å². The van der Waals surface area contributed by atoms with Crippen molar-refractivity contribution in [1.82, 2.24) is 20.0 Å². The lowest BCUT2D eigenvalue weighted by Gasteiger charge is -2.34. The number of rotatable bonds is 8. The summed E-state index contributed by atoms with van der Waals surface area (Å²) in [6, 6.07) is 10.4. The zero-order chi connectivity index (χ0) is 17.5. The molecule has 2 heterocycles. The fourth-order valence-electron chi connectivity index (χ4n) is 3.86. The van der Waals surface area contributed by atoms with Crippen LogP contribution in [-0.4, -0.2) is 60.3 Å². The SMILES string of the molecule is COc1ccccc1CCN1CCC[C@@H](CN(C)Cc2ccn[nH]2)C1. The van der Waals surface area contributed by atoms with Crippen LogP contribution in [0.4, 0.5) is 0 Å². The Morgan fingerprint density at radius 1 is 1.32 bits per heavy atom. The van der Waals surface area contributed by atoms with Gasteiger partial charge in [-0.05, 0) is 56.5 Å². The average molecular weight is 342 g/mol. The Balaban J connectivity index is 1.46. The molecule has 0 radical (unpaired) electrons. The van der Waals surface area contributed by atoms with Gasteiger partial charge in [0.1, 0.15) is 5.75 Å². The van der Waals surface area contributed by atoms with Gasteiger partial charge in [-0.2, -0.15) is 5.10 Å². The number of piperidine rings is 1. The highest BCUT2D eigenvalue weighted by molar-refractivity contribution is 5.33. The molecule has 0 amide bonds. The lowest BCUT2D eigenvalue weighted by atomic mass is 9.97. The number of aromatic amines is 1. The molecule has 136 valence electrons. The maximum Gasteiger partial charge on any atom is 0.122 e. The topological polar surface area (TPSA) is 44.4 Å². The fraction of sp³-hybridized carbons (Fsp3) is 0.550. The summed E-state index contributed by atoms with van der Waals surface area (Å²) in [5.74, 6) is 1.76. The summed E-state index contributed by atoms with van der Waals surface area (Å²) in [6.45, 7) is 5.61. The summed E-state index contributed by atoms with van der Waals surface area (Å²) in [5, 5.41) is 7.08. The number of likely N-dealkylation sites (tertiary alicyclic amines) is 1. The molecule has 1 aromatic carbocycles. The third-order valence-corrected chi connectivity index (χ3v) is 5.06. The van der Waals surface area contributed by atoms with E-state index in [4.69, 9.17) is 4.74 Å². The summed E-state index contributed by atoms with van der Waals surface area (Å²) >= 11 is 0. The Hall–Kier alpha value is -1.85. The number of aromatic nitrogens is 2. The molecule has 0 unspecified atom stereocenters. The molecule has 1 atom stereocenters. The van der Waals surface area contributed by atoms with Gasteiger partial charge in [-0.15, -0.1) is 0 Å². The van der Waals surface area contributed by atoms with Crippen molar-refractivity contribution in [2.24, 2.45) is 5.92 Å². The van der Waals surface area contributed by atoms with Gasteiger partial charge in [0.05, 0.1) is 7.11 Å². The minimum Gasteiger partial charge on any atom is -0.496 e. The van der Waals surface area contributed by atoms with E-state index in [0.29, 0.717) is 0 Å². The van der Waals surface area contributed by atoms with Gasteiger partial charge >= 0.3 is 0 Å². The molecular weight excluding hydrogens is 312 g/mol. The molecule has 1 saturated heterocycles. The van der Waals surface area contributed by atoms with E-state index >= 15 is 0 Å². The standard InChI is InChI=1S/C20H30N4O/c1-23(16-19-9-11-21-22-19)14-17-6-5-12-24(15-17)13-10-18-7-3-4-8-20(18)25-2/h3-4,7-9,11,17H,5-6,10,12-16H2,1-2H3,(H,21,22)/t17-/m0/s1. The van der Waals surface area contributed by atoms with E-state index in [1.165, 1.54) is 37.2 Å². The highest BCUT2D eigenvalue weighted by Crippen LogP contribution is 2.21. The van der Waals surface area contributed by atoms with Crippen molar-refractivity contribution in [2.45, 2.75) is 25.8 Å². The molecule has 1 aliphatic heterocycles. The first kappa shape index (κ1) is 18.0. The largest absolute Gasteiger partial charge is 0.496 e. The number of benzene rings is 1. The Morgan fingerprint density at radius 3 is 3.00 bits per heavy atom. The van der Waals surface area contributed by atoms with E-state index in [0.717, 1.165) is 37.7 Å². The van der Waals surface area contributed by atoms with Crippen LogP contribution in [0, 0.1) is 5.92 Å². The van der Waals surface area contributed by atoms with E-state index in [1.807, 2.05) is 12.3 Å².